The summed E-state index contributed by atoms with van der Waals surface area (Å²) in [5.41, 5.74) is -0.282. The number of carbonyl (C=O) groups is 1. The number of hydrogen-bond donors (Lipinski definition) is 1. The molecule has 0 saturated carbocycles. The standard InChI is InChI=1S/C10H9F2NO2/c11-8-3-1-2-7(9(8)12)10(14)13-4-6-5-15-6/h1-3,6H,4-5H2,(H,13,14). The van der Waals surface area contributed by atoms with Gasteiger partial charge in [-0.3, -0.25) is 4.79 Å². The number of carbonyl (C=O) groups excluding carboxylic acids is 1. The van der Waals surface area contributed by atoms with Crippen LogP contribution >= 0.6 is 0 Å². The Balaban J connectivity index is 2.06. The van der Waals surface area contributed by atoms with Crippen LogP contribution in [0.25, 0.3) is 0 Å². The molecule has 0 bridgehead atoms. The fraction of sp³-hybridized carbons (Fsp3) is 0.300. The van der Waals surface area contributed by atoms with Crippen molar-refractivity contribution in [1.82, 2.24) is 5.32 Å². The van der Waals surface area contributed by atoms with Gasteiger partial charge in [-0.25, -0.2) is 8.78 Å². The van der Waals surface area contributed by atoms with Crippen molar-refractivity contribution in [3.05, 3.63) is 35.4 Å². The minimum absolute atomic E-state index is 0.0190. The molecule has 1 heterocycles. The highest BCUT2D eigenvalue weighted by molar-refractivity contribution is 5.94. The molecular formula is C10H9F2NO2. The maximum absolute atomic E-state index is 13.1. The van der Waals surface area contributed by atoms with Crippen LogP contribution in [0.4, 0.5) is 8.78 Å². The summed E-state index contributed by atoms with van der Waals surface area (Å²) in [5.74, 6) is -2.76. The molecule has 0 radical (unpaired) electrons. The molecule has 0 aromatic heterocycles. The summed E-state index contributed by atoms with van der Waals surface area (Å²) in [5, 5.41) is 2.46. The first-order valence-electron chi connectivity index (χ1n) is 4.52. The number of rotatable bonds is 3. The average Bonchev–Trinajstić information content (AvgIpc) is 3.02. The van der Waals surface area contributed by atoms with Gasteiger partial charge in [-0.05, 0) is 12.1 Å². The van der Waals surface area contributed by atoms with Crippen LogP contribution in [0.15, 0.2) is 18.2 Å². The van der Waals surface area contributed by atoms with Crippen LogP contribution in [0.3, 0.4) is 0 Å². The van der Waals surface area contributed by atoms with Crippen molar-refractivity contribution in [1.29, 1.82) is 0 Å². The lowest BCUT2D eigenvalue weighted by molar-refractivity contribution is 0.0945. The van der Waals surface area contributed by atoms with Crippen molar-refractivity contribution in [2.24, 2.45) is 0 Å². The molecule has 2 rings (SSSR count). The zero-order valence-electron chi connectivity index (χ0n) is 7.80. The van der Waals surface area contributed by atoms with Crippen LogP contribution < -0.4 is 5.32 Å². The van der Waals surface area contributed by atoms with Crippen molar-refractivity contribution in [2.45, 2.75) is 6.10 Å². The van der Waals surface area contributed by atoms with Crippen molar-refractivity contribution in [3.8, 4) is 0 Å². The number of epoxide rings is 1. The van der Waals surface area contributed by atoms with E-state index in [-0.39, 0.29) is 11.7 Å². The summed E-state index contributed by atoms with van der Waals surface area (Å²) < 4.78 is 30.8. The van der Waals surface area contributed by atoms with Crippen molar-refractivity contribution < 1.29 is 18.3 Å². The Morgan fingerprint density at radius 2 is 2.27 bits per heavy atom. The largest absolute Gasteiger partial charge is 0.371 e. The Kier molecular flexibility index (Phi) is 2.64. The number of hydrogen-bond acceptors (Lipinski definition) is 2. The van der Waals surface area contributed by atoms with Gasteiger partial charge in [0, 0.05) is 6.54 Å². The molecule has 1 aliphatic heterocycles. The highest BCUT2D eigenvalue weighted by Crippen LogP contribution is 2.12. The lowest BCUT2D eigenvalue weighted by Crippen LogP contribution is -2.28. The Morgan fingerprint density at radius 3 is 2.93 bits per heavy atom. The normalized spacial score (nSPS) is 18.7. The Labute approximate surface area is 85.0 Å². The fourth-order valence-electron chi connectivity index (χ4n) is 1.17. The maximum atomic E-state index is 13.1. The van der Waals surface area contributed by atoms with Gasteiger partial charge >= 0.3 is 0 Å². The van der Waals surface area contributed by atoms with Gasteiger partial charge in [0.1, 0.15) is 0 Å². The zero-order valence-corrected chi connectivity index (χ0v) is 7.80. The van der Waals surface area contributed by atoms with E-state index in [1.807, 2.05) is 0 Å². The Hall–Kier alpha value is -1.49. The van der Waals surface area contributed by atoms with E-state index in [0.29, 0.717) is 13.2 Å². The lowest BCUT2D eigenvalue weighted by Gasteiger charge is -2.04. The van der Waals surface area contributed by atoms with Gasteiger partial charge in [-0.15, -0.1) is 0 Å². The van der Waals surface area contributed by atoms with E-state index in [9.17, 15) is 13.6 Å². The van der Waals surface area contributed by atoms with E-state index < -0.39 is 17.5 Å². The highest BCUT2D eigenvalue weighted by atomic mass is 19.2. The maximum Gasteiger partial charge on any atom is 0.254 e. The summed E-state index contributed by atoms with van der Waals surface area (Å²) in [7, 11) is 0. The molecule has 1 aromatic carbocycles. The zero-order chi connectivity index (χ0) is 10.8. The van der Waals surface area contributed by atoms with Gasteiger partial charge in [-0.1, -0.05) is 6.07 Å². The molecular weight excluding hydrogens is 204 g/mol. The first-order chi connectivity index (χ1) is 7.18. The smallest absolute Gasteiger partial charge is 0.254 e. The van der Waals surface area contributed by atoms with Gasteiger partial charge in [0.2, 0.25) is 0 Å². The topological polar surface area (TPSA) is 41.6 Å². The molecule has 1 amide bonds. The Bertz CT molecular complexity index is 391. The van der Waals surface area contributed by atoms with E-state index >= 15 is 0 Å². The minimum atomic E-state index is -1.12. The van der Waals surface area contributed by atoms with Crippen LogP contribution in [0.2, 0.25) is 0 Å². The first kappa shape index (κ1) is 10.0. The van der Waals surface area contributed by atoms with Gasteiger partial charge in [-0.2, -0.15) is 0 Å². The second-order valence-electron chi connectivity index (χ2n) is 3.27. The van der Waals surface area contributed by atoms with Crippen molar-refractivity contribution >= 4 is 5.91 Å². The second-order valence-corrected chi connectivity index (χ2v) is 3.27. The van der Waals surface area contributed by atoms with E-state index in [1.165, 1.54) is 12.1 Å². The first-order valence-corrected chi connectivity index (χ1v) is 4.52. The number of halogens is 2. The third kappa shape index (κ3) is 2.30. The number of ether oxygens (including phenoxy) is 1. The van der Waals surface area contributed by atoms with Crippen LogP contribution in [-0.4, -0.2) is 25.2 Å². The van der Waals surface area contributed by atoms with Gasteiger partial charge < -0.3 is 10.1 Å². The summed E-state index contributed by atoms with van der Waals surface area (Å²) in [4.78, 5) is 11.4. The van der Waals surface area contributed by atoms with Gasteiger partial charge in [0.05, 0.1) is 18.3 Å². The monoisotopic (exact) mass is 213 g/mol. The third-order valence-corrected chi connectivity index (χ3v) is 2.09. The van der Waals surface area contributed by atoms with Crippen LogP contribution in [0, 0.1) is 11.6 Å². The number of nitrogens with one attached hydrogen (secondary N) is 1. The predicted octanol–water partition coefficient (Wildman–Crippen LogP) is 1.09. The summed E-state index contributed by atoms with van der Waals surface area (Å²) in [6.45, 7) is 0.931. The molecule has 0 aliphatic carbocycles. The molecule has 1 saturated heterocycles. The quantitative estimate of drug-likeness (QED) is 0.764. The highest BCUT2D eigenvalue weighted by Gasteiger charge is 2.24. The molecule has 15 heavy (non-hydrogen) atoms. The molecule has 3 nitrogen and oxygen atoms in total. The average molecular weight is 213 g/mol. The molecule has 1 aromatic rings. The number of benzene rings is 1. The third-order valence-electron chi connectivity index (χ3n) is 2.09. The van der Waals surface area contributed by atoms with Crippen molar-refractivity contribution in [3.63, 3.8) is 0 Å². The number of amides is 1. The minimum Gasteiger partial charge on any atom is -0.371 e. The molecule has 1 aliphatic rings. The predicted molar refractivity (Wildman–Crippen MR) is 48.4 cm³/mol. The molecule has 1 N–H and O–H groups in total. The molecule has 1 unspecified atom stereocenters. The lowest BCUT2D eigenvalue weighted by atomic mass is 10.2. The fourth-order valence-corrected chi connectivity index (χ4v) is 1.17. The van der Waals surface area contributed by atoms with Crippen molar-refractivity contribution in [2.75, 3.05) is 13.2 Å². The van der Waals surface area contributed by atoms with Crippen LogP contribution in [-0.2, 0) is 4.74 Å². The summed E-state index contributed by atoms with van der Waals surface area (Å²) in [6, 6.07) is 3.50. The van der Waals surface area contributed by atoms with Crippen LogP contribution in [0.1, 0.15) is 10.4 Å². The summed E-state index contributed by atoms with van der Waals surface area (Å²) in [6.07, 6.45) is 0.0190. The molecule has 1 fully saturated rings. The molecule has 80 valence electrons. The van der Waals surface area contributed by atoms with E-state index in [1.54, 1.807) is 0 Å². The van der Waals surface area contributed by atoms with Gasteiger partial charge in [0.25, 0.3) is 5.91 Å². The van der Waals surface area contributed by atoms with E-state index in [4.69, 9.17) is 4.74 Å². The summed E-state index contributed by atoms with van der Waals surface area (Å²) >= 11 is 0. The molecule has 0 spiro atoms. The molecule has 1 atom stereocenters. The van der Waals surface area contributed by atoms with Gasteiger partial charge in [0.15, 0.2) is 11.6 Å². The van der Waals surface area contributed by atoms with E-state index in [0.717, 1.165) is 6.07 Å². The molecule has 5 heteroatoms. The Morgan fingerprint density at radius 1 is 1.53 bits per heavy atom. The van der Waals surface area contributed by atoms with Crippen LogP contribution in [0.5, 0.6) is 0 Å². The SMILES string of the molecule is O=C(NCC1CO1)c1cccc(F)c1F. The second kappa shape index (κ2) is 3.94. The van der Waals surface area contributed by atoms with E-state index in [2.05, 4.69) is 5.32 Å².